The molecule has 2 heteroatoms. The minimum Gasteiger partial charge on any atom is -0.375 e. The zero-order valence-corrected chi connectivity index (χ0v) is 9.25. The molecule has 2 heterocycles. The second-order valence-corrected chi connectivity index (χ2v) is 4.66. The van der Waals surface area contributed by atoms with Crippen molar-refractivity contribution in [1.29, 1.82) is 0 Å². The van der Waals surface area contributed by atoms with E-state index in [-0.39, 0.29) is 0 Å². The highest BCUT2D eigenvalue weighted by molar-refractivity contribution is 5.09. The monoisotopic (exact) mass is 195 g/mol. The quantitative estimate of drug-likeness (QED) is 0.694. The molecule has 0 aromatic carbocycles. The van der Waals surface area contributed by atoms with Crippen molar-refractivity contribution in [3.63, 3.8) is 0 Å². The Labute approximate surface area is 86.7 Å². The van der Waals surface area contributed by atoms with Crippen molar-refractivity contribution in [1.82, 2.24) is 5.32 Å². The predicted octanol–water partition coefficient (Wildman–Crippen LogP) is 2.11. The van der Waals surface area contributed by atoms with Crippen LogP contribution < -0.4 is 5.32 Å². The van der Waals surface area contributed by atoms with Gasteiger partial charge in [0.05, 0.1) is 12.2 Å². The highest BCUT2D eigenvalue weighted by atomic mass is 16.5. The average Bonchev–Trinajstić information content (AvgIpc) is 2.74. The lowest BCUT2D eigenvalue weighted by Crippen LogP contribution is -2.41. The van der Waals surface area contributed by atoms with E-state index in [0.717, 1.165) is 6.54 Å². The number of rotatable bonds is 4. The molecule has 2 rings (SSSR count). The van der Waals surface area contributed by atoms with Gasteiger partial charge in [0.2, 0.25) is 0 Å². The van der Waals surface area contributed by atoms with Crippen LogP contribution in [0.5, 0.6) is 0 Å². The van der Waals surface area contributed by atoms with Crippen molar-refractivity contribution in [3.8, 4) is 0 Å². The summed E-state index contributed by atoms with van der Waals surface area (Å²) in [7, 11) is 0. The fourth-order valence-electron chi connectivity index (χ4n) is 2.94. The lowest BCUT2D eigenvalue weighted by atomic mass is 9.81. The third kappa shape index (κ3) is 1.73. The van der Waals surface area contributed by atoms with Crippen molar-refractivity contribution in [2.24, 2.45) is 5.92 Å². The summed E-state index contributed by atoms with van der Waals surface area (Å²) >= 11 is 0. The number of hydrogen-bond acceptors (Lipinski definition) is 2. The van der Waals surface area contributed by atoms with E-state index in [2.05, 4.69) is 25.7 Å². The topological polar surface area (TPSA) is 21.3 Å². The van der Waals surface area contributed by atoms with Crippen LogP contribution in [0.15, 0.2) is 12.2 Å². The Morgan fingerprint density at radius 1 is 1.57 bits per heavy atom. The number of ether oxygens (including phenoxy) is 1. The normalized spacial score (nSPS) is 37.4. The Morgan fingerprint density at radius 3 is 2.79 bits per heavy atom. The standard InChI is InChI=1S/C12H21NO/c1-4-13-12(8(2)3)10-7-9-5-6-11(10)14-9/h9-13H,2,4-7H2,1,3H3. The van der Waals surface area contributed by atoms with Crippen LogP contribution in [0, 0.1) is 5.92 Å². The molecule has 2 fully saturated rings. The molecule has 0 amide bonds. The van der Waals surface area contributed by atoms with Gasteiger partial charge < -0.3 is 10.1 Å². The molecule has 2 aliphatic heterocycles. The fraction of sp³-hybridized carbons (Fsp3) is 0.833. The van der Waals surface area contributed by atoms with Crippen LogP contribution in [-0.2, 0) is 4.74 Å². The van der Waals surface area contributed by atoms with Gasteiger partial charge in [0.15, 0.2) is 0 Å². The lowest BCUT2D eigenvalue weighted by molar-refractivity contribution is 0.0882. The first-order valence-electron chi connectivity index (χ1n) is 5.76. The summed E-state index contributed by atoms with van der Waals surface area (Å²) in [4.78, 5) is 0. The third-order valence-corrected chi connectivity index (χ3v) is 3.54. The highest BCUT2D eigenvalue weighted by Gasteiger charge is 2.44. The van der Waals surface area contributed by atoms with Crippen LogP contribution in [0.2, 0.25) is 0 Å². The summed E-state index contributed by atoms with van der Waals surface area (Å²) < 4.78 is 5.88. The van der Waals surface area contributed by atoms with E-state index in [0.29, 0.717) is 24.2 Å². The van der Waals surface area contributed by atoms with Crippen LogP contribution >= 0.6 is 0 Å². The first kappa shape index (κ1) is 10.2. The Morgan fingerprint density at radius 2 is 2.36 bits per heavy atom. The Balaban J connectivity index is 2.01. The van der Waals surface area contributed by atoms with Crippen LogP contribution in [-0.4, -0.2) is 24.8 Å². The van der Waals surface area contributed by atoms with Crippen LogP contribution in [0.25, 0.3) is 0 Å². The number of hydrogen-bond donors (Lipinski definition) is 1. The van der Waals surface area contributed by atoms with Gasteiger partial charge in [-0.05, 0) is 32.7 Å². The molecule has 14 heavy (non-hydrogen) atoms. The smallest absolute Gasteiger partial charge is 0.0627 e. The lowest BCUT2D eigenvalue weighted by Gasteiger charge is -2.29. The molecule has 2 aliphatic rings. The van der Waals surface area contributed by atoms with Crippen LogP contribution in [0.3, 0.4) is 0 Å². The molecule has 4 unspecified atom stereocenters. The number of fused-ring (bicyclic) bond motifs is 2. The Bertz CT molecular complexity index is 226. The van der Waals surface area contributed by atoms with E-state index in [1.807, 2.05) is 0 Å². The first-order chi connectivity index (χ1) is 6.72. The predicted molar refractivity (Wildman–Crippen MR) is 58.3 cm³/mol. The molecule has 0 spiro atoms. The van der Waals surface area contributed by atoms with Gasteiger partial charge in [-0.3, -0.25) is 0 Å². The summed E-state index contributed by atoms with van der Waals surface area (Å²) in [6.07, 6.45) is 4.81. The van der Waals surface area contributed by atoms with Crippen LogP contribution in [0.4, 0.5) is 0 Å². The molecule has 80 valence electrons. The van der Waals surface area contributed by atoms with Crippen molar-refractivity contribution in [2.45, 2.75) is 51.4 Å². The molecule has 0 aromatic rings. The summed E-state index contributed by atoms with van der Waals surface area (Å²) in [5, 5.41) is 3.53. The highest BCUT2D eigenvalue weighted by Crippen LogP contribution is 2.41. The SMILES string of the molecule is C=C(C)C(NCC)C1CC2CCC1O2. The molecule has 2 nitrogen and oxygen atoms in total. The molecule has 0 aliphatic carbocycles. The van der Waals surface area contributed by atoms with Gasteiger partial charge in [-0.1, -0.05) is 19.1 Å². The largest absolute Gasteiger partial charge is 0.375 e. The maximum atomic E-state index is 5.88. The van der Waals surface area contributed by atoms with E-state index < -0.39 is 0 Å². The van der Waals surface area contributed by atoms with Gasteiger partial charge in [-0.15, -0.1) is 0 Å². The maximum absolute atomic E-state index is 5.88. The molecule has 4 atom stereocenters. The van der Waals surface area contributed by atoms with Gasteiger partial charge in [-0.2, -0.15) is 0 Å². The van der Waals surface area contributed by atoms with Crippen molar-refractivity contribution >= 4 is 0 Å². The van der Waals surface area contributed by atoms with E-state index in [1.54, 1.807) is 0 Å². The van der Waals surface area contributed by atoms with Crippen molar-refractivity contribution in [2.75, 3.05) is 6.54 Å². The zero-order valence-electron chi connectivity index (χ0n) is 9.25. The molecule has 0 saturated carbocycles. The Hall–Kier alpha value is -0.340. The second-order valence-electron chi connectivity index (χ2n) is 4.66. The third-order valence-electron chi connectivity index (χ3n) is 3.54. The van der Waals surface area contributed by atoms with Crippen molar-refractivity contribution < 1.29 is 4.74 Å². The Kier molecular flexibility index (Phi) is 2.93. The number of likely N-dealkylation sites (N-methyl/N-ethyl adjacent to an activating group) is 1. The summed E-state index contributed by atoms with van der Waals surface area (Å²) in [5.74, 6) is 0.672. The van der Waals surface area contributed by atoms with Gasteiger partial charge in [0, 0.05) is 12.0 Å². The molecular formula is C12H21NO. The van der Waals surface area contributed by atoms with E-state index in [4.69, 9.17) is 4.74 Å². The van der Waals surface area contributed by atoms with Crippen molar-refractivity contribution in [3.05, 3.63) is 12.2 Å². The second kappa shape index (κ2) is 4.03. The first-order valence-corrected chi connectivity index (χ1v) is 5.76. The molecule has 2 saturated heterocycles. The fourth-order valence-corrected chi connectivity index (χ4v) is 2.94. The van der Waals surface area contributed by atoms with Gasteiger partial charge in [-0.25, -0.2) is 0 Å². The van der Waals surface area contributed by atoms with Crippen LogP contribution in [0.1, 0.15) is 33.1 Å². The zero-order chi connectivity index (χ0) is 10.1. The van der Waals surface area contributed by atoms with E-state index in [9.17, 15) is 0 Å². The van der Waals surface area contributed by atoms with E-state index >= 15 is 0 Å². The minimum atomic E-state index is 0.468. The molecular weight excluding hydrogens is 174 g/mol. The average molecular weight is 195 g/mol. The molecule has 2 bridgehead atoms. The summed E-state index contributed by atoms with van der Waals surface area (Å²) in [5.41, 5.74) is 1.26. The van der Waals surface area contributed by atoms with Gasteiger partial charge in [0.1, 0.15) is 0 Å². The number of nitrogens with one attached hydrogen (secondary N) is 1. The van der Waals surface area contributed by atoms with Gasteiger partial charge >= 0.3 is 0 Å². The maximum Gasteiger partial charge on any atom is 0.0627 e. The van der Waals surface area contributed by atoms with E-state index in [1.165, 1.54) is 24.8 Å². The van der Waals surface area contributed by atoms with Gasteiger partial charge in [0.25, 0.3) is 0 Å². The summed E-state index contributed by atoms with van der Waals surface area (Å²) in [6.45, 7) is 9.38. The summed E-state index contributed by atoms with van der Waals surface area (Å²) in [6, 6.07) is 0.468. The molecule has 0 radical (unpaired) electrons. The molecule has 0 aromatic heterocycles. The minimum absolute atomic E-state index is 0.468. The molecule has 1 N–H and O–H groups in total.